The number of nitrogens with zero attached hydrogens (tertiary/aromatic N) is 1. The van der Waals surface area contributed by atoms with Gasteiger partial charge in [-0.05, 0) is 17.7 Å². The van der Waals surface area contributed by atoms with E-state index in [4.69, 9.17) is 14.2 Å². The van der Waals surface area contributed by atoms with Crippen molar-refractivity contribution < 1.29 is 14.2 Å². The Morgan fingerprint density at radius 3 is 3.00 bits per heavy atom. The van der Waals surface area contributed by atoms with Crippen LogP contribution in [0.5, 0.6) is 17.2 Å². The molecule has 0 radical (unpaired) electrons. The van der Waals surface area contributed by atoms with Crippen LogP contribution in [0.4, 0.5) is 0 Å². The first-order valence-electron chi connectivity index (χ1n) is 6.41. The largest absolute Gasteiger partial charge is 0.493 e. The topological polar surface area (TPSA) is 52.6 Å². The molecule has 3 rings (SSSR count). The van der Waals surface area contributed by atoms with E-state index in [0.717, 1.165) is 30.1 Å². The van der Waals surface area contributed by atoms with Crippen LogP contribution in [0.15, 0.2) is 23.0 Å². The molecule has 1 N–H and O–H groups in total. The second-order valence-corrected chi connectivity index (χ2v) is 5.12. The molecule has 0 aliphatic carbocycles. The maximum Gasteiger partial charge on any atom is 0.203 e. The first-order valence-corrected chi connectivity index (χ1v) is 7.35. The van der Waals surface area contributed by atoms with Gasteiger partial charge in [-0.3, -0.25) is 0 Å². The molecule has 0 atom stereocenters. The minimum atomic E-state index is 0.560. The lowest BCUT2D eigenvalue weighted by atomic mass is 10.1. The smallest absolute Gasteiger partial charge is 0.203 e. The Hall–Kier alpha value is -1.79. The molecular formula is C14H16N2O3S. The monoisotopic (exact) mass is 292 g/mol. The number of hydrogen-bond donors (Lipinski definition) is 1. The predicted molar refractivity (Wildman–Crippen MR) is 76.6 cm³/mol. The van der Waals surface area contributed by atoms with E-state index < -0.39 is 0 Å². The van der Waals surface area contributed by atoms with Gasteiger partial charge in [0.15, 0.2) is 11.5 Å². The van der Waals surface area contributed by atoms with E-state index >= 15 is 0 Å². The molecule has 6 heteroatoms. The zero-order valence-electron chi connectivity index (χ0n) is 11.2. The highest BCUT2D eigenvalue weighted by Crippen LogP contribution is 2.40. The highest BCUT2D eigenvalue weighted by Gasteiger charge is 2.18. The van der Waals surface area contributed by atoms with Gasteiger partial charge in [0.25, 0.3) is 0 Å². The molecule has 0 amide bonds. The van der Waals surface area contributed by atoms with Gasteiger partial charge in [-0.15, -0.1) is 11.3 Å². The number of aromatic nitrogens is 1. The van der Waals surface area contributed by atoms with Gasteiger partial charge in [0.1, 0.15) is 13.2 Å². The number of rotatable bonds is 5. The molecule has 20 heavy (non-hydrogen) atoms. The van der Waals surface area contributed by atoms with Gasteiger partial charge in [-0.2, -0.15) is 0 Å². The van der Waals surface area contributed by atoms with E-state index in [1.807, 2.05) is 23.0 Å². The van der Waals surface area contributed by atoms with Gasteiger partial charge >= 0.3 is 0 Å². The number of thiazole rings is 1. The van der Waals surface area contributed by atoms with E-state index in [1.165, 1.54) is 0 Å². The minimum Gasteiger partial charge on any atom is -0.493 e. The summed E-state index contributed by atoms with van der Waals surface area (Å²) in [6.07, 6.45) is 0. The molecule has 5 nitrogen and oxygen atoms in total. The Bertz CT molecular complexity index is 555. The van der Waals surface area contributed by atoms with Crippen molar-refractivity contribution in [3.63, 3.8) is 0 Å². The Kier molecular flexibility index (Phi) is 4.03. The Morgan fingerprint density at radius 1 is 1.30 bits per heavy atom. The van der Waals surface area contributed by atoms with Crippen molar-refractivity contribution in [2.24, 2.45) is 0 Å². The molecule has 2 heterocycles. The van der Waals surface area contributed by atoms with Gasteiger partial charge in [-0.25, -0.2) is 4.98 Å². The highest BCUT2D eigenvalue weighted by atomic mass is 32.1. The fraction of sp³-hybridized carbons (Fsp3) is 0.357. The summed E-state index contributed by atoms with van der Waals surface area (Å²) in [5.41, 5.74) is 3.99. The average molecular weight is 292 g/mol. The molecule has 1 aromatic carbocycles. The first kappa shape index (κ1) is 13.2. The van der Waals surface area contributed by atoms with Crippen LogP contribution in [0, 0.1) is 0 Å². The van der Waals surface area contributed by atoms with Crippen LogP contribution in [0.2, 0.25) is 0 Å². The van der Waals surface area contributed by atoms with Crippen LogP contribution in [0.25, 0.3) is 0 Å². The Labute approximate surface area is 121 Å². The standard InChI is InChI=1S/C14H16N2O3S/c1-17-12-4-10(5-13-14(12)19-3-2-18-13)6-15-7-11-8-20-9-16-11/h4-5,8-9,15H,2-3,6-7H2,1H3. The summed E-state index contributed by atoms with van der Waals surface area (Å²) in [5.74, 6) is 2.16. The average Bonchev–Trinajstić information content (AvgIpc) is 2.99. The van der Waals surface area contributed by atoms with Crippen LogP contribution in [-0.4, -0.2) is 25.3 Å². The molecule has 1 aromatic heterocycles. The molecule has 0 spiro atoms. The van der Waals surface area contributed by atoms with Crippen LogP contribution >= 0.6 is 11.3 Å². The molecule has 0 bridgehead atoms. The summed E-state index contributed by atoms with van der Waals surface area (Å²) >= 11 is 1.60. The normalized spacial score (nSPS) is 13.2. The molecule has 1 aliphatic rings. The summed E-state index contributed by atoms with van der Waals surface area (Å²) in [4.78, 5) is 4.24. The second kappa shape index (κ2) is 6.11. The molecule has 1 aliphatic heterocycles. The lowest BCUT2D eigenvalue weighted by molar-refractivity contribution is 0.165. The van der Waals surface area contributed by atoms with Crippen molar-refractivity contribution in [2.45, 2.75) is 13.1 Å². The molecule has 0 fully saturated rings. The number of nitrogens with one attached hydrogen (secondary N) is 1. The number of fused-ring (bicyclic) bond motifs is 1. The van der Waals surface area contributed by atoms with E-state index in [9.17, 15) is 0 Å². The lowest BCUT2D eigenvalue weighted by Crippen LogP contribution is -2.17. The summed E-state index contributed by atoms with van der Waals surface area (Å²) in [5, 5.41) is 5.39. The number of benzene rings is 1. The quantitative estimate of drug-likeness (QED) is 0.915. The third-order valence-corrected chi connectivity index (χ3v) is 3.64. The third kappa shape index (κ3) is 2.86. The van der Waals surface area contributed by atoms with Crippen molar-refractivity contribution in [3.05, 3.63) is 34.3 Å². The zero-order valence-corrected chi connectivity index (χ0v) is 12.0. The van der Waals surface area contributed by atoms with Crippen LogP contribution in [0.3, 0.4) is 0 Å². The molecule has 2 aromatic rings. The van der Waals surface area contributed by atoms with Crippen LogP contribution in [-0.2, 0) is 13.1 Å². The van der Waals surface area contributed by atoms with Gasteiger partial charge in [0.2, 0.25) is 5.75 Å². The maximum absolute atomic E-state index is 5.62. The molecule has 0 saturated carbocycles. The minimum absolute atomic E-state index is 0.560. The van der Waals surface area contributed by atoms with Crippen molar-refractivity contribution in [1.29, 1.82) is 0 Å². The van der Waals surface area contributed by atoms with Crippen molar-refractivity contribution >= 4 is 11.3 Å². The van der Waals surface area contributed by atoms with Gasteiger partial charge in [0, 0.05) is 18.5 Å². The number of ether oxygens (including phenoxy) is 3. The van der Waals surface area contributed by atoms with Crippen molar-refractivity contribution in [3.8, 4) is 17.2 Å². The third-order valence-electron chi connectivity index (χ3n) is 3.01. The fourth-order valence-corrected chi connectivity index (χ4v) is 2.65. The summed E-state index contributed by atoms with van der Waals surface area (Å²) in [6, 6.07) is 3.96. The second-order valence-electron chi connectivity index (χ2n) is 4.41. The fourth-order valence-electron chi connectivity index (χ4n) is 2.09. The molecule has 0 saturated heterocycles. The van der Waals surface area contributed by atoms with Gasteiger partial charge < -0.3 is 19.5 Å². The van der Waals surface area contributed by atoms with E-state index in [0.29, 0.717) is 24.7 Å². The van der Waals surface area contributed by atoms with Gasteiger partial charge in [-0.1, -0.05) is 0 Å². The van der Waals surface area contributed by atoms with E-state index in [1.54, 1.807) is 18.4 Å². The number of hydrogen-bond acceptors (Lipinski definition) is 6. The molecular weight excluding hydrogens is 276 g/mol. The predicted octanol–water partition coefficient (Wildman–Crippen LogP) is 2.21. The summed E-state index contributed by atoms with van der Waals surface area (Å²) in [6.45, 7) is 2.61. The van der Waals surface area contributed by atoms with Crippen molar-refractivity contribution in [2.75, 3.05) is 20.3 Å². The van der Waals surface area contributed by atoms with Crippen LogP contribution in [0.1, 0.15) is 11.3 Å². The zero-order chi connectivity index (χ0) is 13.8. The summed E-state index contributed by atoms with van der Waals surface area (Å²) < 4.78 is 16.6. The Morgan fingerprint density at radius 2 is 2.20 bits per heavy atom. The molecule has 0 unspecified atom stereocenters. The van der Waals surface area contributed by atoms with E-state index in [2.05, 4.69) is 10.3 Å². The maximum atomic E-state index is 5.62. The summed E-state index contributed by atoms with van der Waals surface area (Å²) in [7, 11) is 1.64. The van der Waals surface area contributed by atoms with Crippen molar-refractivity contribution in [1.82, 2.24) is 10.3 Å². The van der Waals surface area contributed by atoms with Crippen LogP contribution < -0.4 is 19.5 Å². The lowest BCUT2D eigenvalue weighted by Gasteiger charge is -2.21. The van der Waals surface area contributed by atoms with Gasteiger partial charge in [0.05, 0.1) is 18.3 Å². The first-order chi connectivity index (χ1) is 9.86. The molecule has 106 valence electrons. The highest BCUT2D eigenvalue weighted by molar-refractivity contribution is 7.07. The number of methoxy groups -OCH3 is 1. The van der Waals surface area contributed by atoms with E-state index in [-0.39, 0.29) is 0 Å². The Balaban J connectivity index is 1.69. The SMILES string of the molecule is COc1cc(CNCc2cscn2)cc2c1OCCO2.